The maximum absolute atomic E-state index is 12.7. The predicted molar refractivity (Wildman–Crippen MR) is 145 cm³/mol. The summed E-state index contributed by atoms with van der Waals surface area (Å²) in [5.41, 5.74) is 13.2. The quantitative estimate of drug-likeness (QED) is 0.263. The number of ether oxygens (including phenoxy) is 2. The van der Waals surface area contributed by atoms with Crippen LogP contribution in [0.4, 0.5) is 0 Å². The molecule has 0 heterocycles. The van der Waals surface area contributed by atoms with E-state index in [0.717, 1.165) is 16.7 Å². The van der Waals surface area contributed by atoms with Gasteiger partial charge in [0.1, 0.15) is 5.75 Å². The van der Waals surface area contributed by atoms with Crippen molar-refractivity contribution < 1.29 is 22.7 Å². The molecule has 1 amide bonds. The monoisotopic (exact) mass is 517 g/mol. The van der Waals surface area contributed by atoms with Gasteiger partial charge in [0.15, 0.2) is 15.8 Å². The molecule has 0 spiro atoms. The molecule has 0 bridgehead atoms. The first-order chi connectivity index (χ1) is 16.7. The Bertz CT molecular complexity index is 1190. The summed E-state index contributed by atoms with van der Waals surface area (Å²) >= 11 is 0. The number of aliphatic imine (C=N–C) groups is 1. The van der Waals surface area contributed by atoms with Gasteiger partial charge in [0.2, 0.25) is 0 Å². The SMILES string of the molecule is COCCCOc1cc(CC(C)(C)C(=O)N=C(N)N)ccc1-c1cccc(CS(=O)(=O)C(C)(C)C)c1. The smallest absolute Gasteiger partial charge is 0.254 e. The highest BCUT2D eigenvalue weighted by Crippen LogP contribution is 2.35. The largest absolute Gasteiger partial charge is 0.493 e. The third kappa shape index (κ3) is 8.06. The summed E-state index contributed by atoms with van der Waals surface area (Å²) in [6.07, 6.45) is 1.11. The molecular formula is C27H39N3O5S. The number of nitrogens with zero attached hydrogens (tertiary/aromatic N) is 1. The number of carbonyl (C=O) groups excluding carboxylic acids is 1. The Kier molecular flexibility index (Phi) is 9.68. The van der Waals surface area contributed by atoms with Gasteiger partial charge < -0.3 is 20.9 Å². The molecule has 0 radical (unpaired) electrons. The van der Waals surface area contributed by atoms with Crippen molar-refractivity contribution >= 4 is 21.7 Å². The fourth-order valence-electron chi connectivity index (χ4n) is 3.54. The predicted octanol–water partition coefficient (Wildman–Crippen LogP) is 3.85. The molecule has 0 atom stereocenters. The van der Waals surface area contributed by atoms with Crippen molar-refractivity contribution in [2.24, 2.45) is 21.9 Å². The average Bonchev–Trinajstić information content (AvgIpc) is 2.75. The molecule has 198 valence electrons. The second kappa shape index (κ2) is 11.9. The van der Waals surface area contributed by atoms with Crippen LogP contribution >= 0.6 is 0 Å². The summed E-state index contributed by atoms with van der Waals surface area (Å²) in [5.74, 6) is -0.0709. The summed E-state index contributed by atoms with van der Waals surface area (Å²) in [4.78, 5) is 16.2. The fourth-order valence-corrected chi connectivity index (χ4v) is 4.59. The summed E-state index contributed by atoms with van der Waals surface area (Å²) in [5, 5.41) is 0. The molecule has 0 aliphatic heterocycles. The van der Waals surface area contributed by atoms with Gasteiger partial charge >= 0.3 is 0 Å². The number of guanidine groups is 1. The van der Waals surface area contributed by atoms with Gasteiger partial charge in [-0.15, -0.1) is 0 Å². The van der Waals surface area contributed by atoms with E-state index >= 15 is 0 Å². The third-order valence-electron chi connectivity index (χ3n) is 5.78. The lowest BCUT2D eigenvalue weighted by Crippen LogP contribution is -2.31. The van der Waals surface area contributed by atoms with Crippen LogP contribution in [0.5, 0.6) is 5.75 Å². The highest BCUT2D eigenvalue weighted by atomic mass is 32.2. The van der Waals surface area contributed by atoms with Gasteiger partial charge in [0, 0.05) is 25.7 Å². The minimum Gasteiger partial charge on any atom is -0.493 e. The van der Waals surface area contributed by atoms with Gasteiger partial charge in [-0.05, 0) is 56.0 Å². The highest BCUT2D eigenvalue weighted by molar-refractivity contribution is 7.91. The van der Waals surface area contributed by atoms with Gasteiger partial charge in [-0.3, -0.25) is 4.79 Å². The summed E-state index contributed by atoms with van der Waals surface area (Å²) < 4.78 is 35.9. The van der Waals surface area contributed by atoms with Crippen LogP contribution in [0.1, 0.15) is 52.2 Å². The molecule has 2 aromatic rings. The number of nitrogens with two attached hydrogens (primary N) is 2. The van der Waals surface area contributed by atoms with E-state index in [1.165, 1.54) is 0 Å². The third-order valence-corrected chi connectivity index (χ3v) is 8.36. The standard InChI is InChI=1S/C27H39N3O5S/c1-26(2,3)36(32,33)18-20-9-7-10-21(15-20)22-12-11-19(16-23(22)35-14-8-13-34-6)17-27(4,5)24(31)30-25(28)29/h7,9-12,15-16H,8,13-14,17-18H2,1-6H3,(H4,28,29,30,31). The molecule has 0 aromatic heterocycles. The number of amides is 1. The van der Waals surface area contributed by atoms with Gasteiger partial charge in [0.25, 0.3) is 5.91 Å². The molecular weight excluding hydrogens is 478 g/mol. The van der Waals surface area contributed by atoms with E-state index in [1.54, 1.807) is 41.7 Å². The number of carbonyl (C=O) groups is 1. The maximum atomic E-state index is 12.7. The van der Waals surface area contributed by atoms with E-state index in [2.05, 4.69) is 4.99 Å². The van der Waals surface area contributed by atoms with Gasteiger partial charge in [-0.1, -0.05) is 44.2 Å². The van der Waals surface area contributed by atoms with E-state index in [1.807, 2.05) is 42.5 Å². The number of benzene rings is 2. The number of sulfone groups is 1. The molecule has 0 saturated heterocycles. The Labute approximate surface area is 215 Å². The van der Waals surface area contributed by atoms with Crippen LogP contribution in [0.3, 0.4) is 0 Å². The molecule has 4 N–H and O–H groups in total. The molecule has 36 heavy (non-hydrogen) atoms. The Morgan fingerprint density at radius 3 is 2.28 bits per heavy atom. The van der Waals surface area contributed by atoms with E-state index in [0.29, 0.717) is 37.4 Å². The summed E-state index contributed by atoms with van der Waals surface area (Å²) in [6.45, 7) is 9.69. The molecule has 8 nitrogen and oxygen atoms in total. The molecule has 0 aliphatic rings. The first-order valence-electron chi connectivity index (χ1n) is 11.9. The zero-order chi connectivity index (χ0) is 27.1. The Balaban J connectivity index is 2.43. The van der Waals surface area contributed by atoms with Crippen molar-refractivity contribution in [3.8, 4) is 16.9 Å². The zero-order valence-electron chi connectivity index (χ0n) is 22.1. The van der Waals surface area contributed by atoms with Crippen LogP contribution in [0.15, 0.2) is 47.5 Å². The lowest BCUT2D eigenvalue weighted by atomic mass is 9.84. The van der Waals surface area contributed by atoms with Gasteiger partial charge in [-0.25, -0.2) is 8.42 Å². The van der Waals surface area contributed by atoms with Crippen LogP contribution < -0.4 is 16.2 Å². The van der Waals surface area contributed by atoms with Crippen molar-refractivity contribution in [1.29, 1.82) is 0 Å². The van der Waals surface area contributed by atoms with Crippen LogP contribution in [0.25, 0.3) is 11.1 Å². The Morgan fingerprint density at radius 1 is 0.972 bits per heavy atom. The van der Waals surface area contributed by atoms with Gasteiger partial charge in [0.05, 0.1) is 22.5 Å². The van der Waals surface area contributed by atoms with Crippen molar-refractivity contribution in [3.63, 3.8) is 0 Å². The molecule has 0 unspecified atom stereocenters. The lowest BCUT2D eigenvalue weighted by Gasteiger charge is -2.22. The topological polar surface area (TPSA) is 134 Å². The first-order valence-corrected chi connectivity index (χ1v) is 13.5. The molecule has 0 fully saturated rings. The van der Waals surface area contributed by atoms with E-state index < -0.39 is 25.9 Å². The highest BCUT2D eigenvalue weighted by Gasteiger charge is 2.30. The van der Waals surface area contributed by atoms with Crippen molar-refractivity contribution in [2.45, 2.75) is 58.0 Å². The van der Waals surface area contributed by atoms with Crippen LogP contribution in [0, 0.1) is 5.41 Å². The average molecular weight is 518 g/mol. The van der Waals surface area contributed by atoms with Crippen molar-refractivity contribution in [3.05, 3.63) is 53.6 Å². The second-order valence-electron chi connectivity index (χ2n) is 10.5. The normalized spacial score (nSPS) is 12.3. The minimum absolute atomic E-state index is 0.0481. The summed E-state index contributed by atoms with van der Waals surface area (Å²) in [7, 11) is -1.69. The zero-order valence-corrected chi connectivity index (χ0v) is 22.9. The van der Waals surface area contributed by atoms with E-state index in [9.17, 15) is 13.2 Å². The van der Waals surface area contributed by atoms with Crippen LogP contribution in [-0.2, 0) is 31.5 Å². The lowest BCUT2D eigenvalue weighted by molar-refractivity contribution is -0.125. The molecule has 2 rings (SSSR count). The van der Waals surface area contributed by atoms with Crippen molar-refractivity contribution in [2.75, 3.05) is 20.3 Å². The Hall–Kier alpha value is -2.91. The van der Waals surface area contributed by atoms with Crippen LogP contribution in [-0.4, -0.2) is 45.4 Å². The Morgan fingerprint density at radius 2 is 1.67 bits per heavy atom. The van der Waals surface area contributed by atoms with Crippen molar-refractivity contribution in [1.82, 2.24) is 0 Å². The molecule has 9 heteroatoms. The number of hydrogen-bond donors (Lipinski definition) is 2. The van der Waals surface area contributed by atoms with E-state index in [-0.39, 0.29) is 11.7 Å². The molecule has 0 aliphatic carbocycles. The second-order valence-corrected chi connectivity index (χ2v) is 13.2. The number of rotatable bonds is 11. The minimum atomic E-state index is -3.33. The number of methoxy groups -OCH3 is 1. The molecule has 2 aromatic carbocycles. The maximum Gasteiger partial charge on any atom is 0.254 e. The fraction of sp³-hybridized carbons (Fsp3) is 0.481. The van der Waals surface area contributed by atoms with E-state index in [4.69, 9.17) is 20.9 Å². The number of hydrogen-bond acceptors (Lipinski definition) is 5. The first kappa shape index (κ1) is 29.3. The van der Waals surface area contributed by atoms with Crippen LogP contribution in [0.2, 0.25) is 0 Å². The molecule has 0 saturated carbocycles. The van der Waals surface area contributed by atoms with Gasteiger partial charge in [-0.2, -0.15) is 4.99 Å². The summed E-state index contributed by atoms with van der Waals surface area (Å²) in [6, 6.07) is 13.2.